The van der Waals surface area contributed by atoms with Gasteiger partial charge in [0.2, 0.25) is 10.0 Å². The van der Waals surface area contributed by atoms with E-state index in [1.165, 1.54) is 11.4 Å². The summed E-state index contributed by atoms with van der Waals surface area (Å²) in [7, 11) is -0.256. The molecular formula is C19H24N2O4S. The van der Waals surface area contributed by atoms with Gasteiger partial charge in [0.1, 0.15) is 5.75 Å². The minimum Gasteiger partial charge on any atom is -0.497 e. The highest BCUT2D eigenvalue weighted by molar-refractivity contribution is 7.92. The zero-order chi connectivity index (χ0) is 19.5. The third kappa shape index (κ3) is 4.54. The van der Waals surface area contributed by atoms with Crippen molar-refractivity contribution >= 4 is 21.6 Å². The van der Waals surface area contributed by atoms with Gasteiger partial charge in [0.25, 0.3) is 5.91 Å². The number of nitrogens with zero attached hydrogens (tertiary/aromatic N) is 1. The predicted molar refractivity (Wildman–Crippen MR) is 103 cm³/mol. The van der Waals surface area contributed by atoms with Gasteiger partial charge < -0.3 is 10.1 Å². The number of aryl methyl sites for hydroxylation is 1. The molecular weight excluding hydrogens is 352 g/mol. The van der Waals surface area contributed by atoms with E-state index in [0.717, 1.165) is 17.6 Å². The van der Waals surface area contributed by atoms with E-state index in [-0.39, 0.29) is 11.9 Å². The molecule has 0 aliphatic carbocycles. The van der Waals surface area contributed by atoms with Crippen LogP contribution in [0.15, 0.2) is 42.5 Å². The molecule has 26 heavy (non-hydrogen) atoms. The number of amides is 1. The lowest BCUT2D eigenvalue weighted by Crippen LogP contribution is -2.28. The minimum absolute atomic E-state index is 0.174. The molecule has 140 valence electrons. The number of methoxy groups -OCH3 is 1. The Hall–Kier alpha value is -2.54. The average Bonchev–Trinajstić information content (AvgIpc) is 2.60. The molecule has 0 saturated carbocycles. The van der Waals surface area contributed by atoms with Crippen molar-refractivity contribution in [1.82, 2.24) is 5.32 Å². The normalized spacial score (nSPS) is 12.3. The van der Waals surface area contributed by atoms with Gasteiger partial charge in [0.15, 0.2) is 0 Å². The standard InChI is InChI=1S/C19H24N2O4S/c1-13-12-16(8-11-18(13)21(3)26(5,23)24)19(22)20-14(2)15-6-9-17(25-4)10-7-15/h6-12,14H,1-5H3,(H,20,22). The van der Waals surface area contributed by atoms with Crippen molar-refractivity contribution in [2.75, 3.05) is 24.7 Å². The van der Waals surface area contributed by atoms with Gasteiger partial charge in [-0.15, -0.1) is 0 Å². The van der Waals surface area contributed by atoms with Crippen LogP contribution in [0.25, 0.3) is 0 Å². The summed E-state index contributed by atoms with van der Waals surface area (Å²) in [4.78, 5) is 12.5. The maximum atomic E-state index is 12.5. The van der Waals surface area contributed by atoms with E-state index in [4.69, 9.17) is 4.74 Å². The van der Waals surface area contributed by atoms with E-state index in [2.05, 4.69) is 5.32 Å². The monoisotopic (exact) mass is 376 g/mol. The van der Waals surface area contributed by atoms with E-state index >= 15 is 0 Å². The zero-order valence-corrected chi connectivity index (χ0v) is 16.4. The van der Waals surface area contributed by atoms with E-state index in [1.807, 2.05) is 31.2 Å². The fraction of sp³-hybridized carbons (Fsp3) is 0.316. The molecule has 2 rings (SSSR count). The number of rotatable bonds is 6. The highest BCUT2D eigenvalue weighted by Crippen LogP contribution is 2.23. The summed E-state index contributed by atoms with van der Waals surface area (Å²) in [6.45, 7) is 3.68. The molecule has 1 N–H and O–H groups in total. The number of carbonyl (C=O) groups is 1. The van der Waals surface area contributed by atoms with Crippen molar-refractivity contribution in [3.63, 3.8) is 0 Å². The van der Waals surface area contributed by atoms with Crippen molar-refractivity contribution < 1.29 is 17.9 Å². The number of ether oxygens (including phenoxy) is 1. The molecule has 1 atom stereocenters. The summed E-state index contributed by atoms with van der Waals surface area (Å²) in [6.07, 6.45) is 1.14. The van der Waals surface area contributed by atoms with Crippen LogP contribution in [0.4, 0.5) is 5.69 Å². The van der Waals surface area contributed by atoms with Gasteiger partial charge in [-0.1, -0.05) is 12.1 Å². The molecule has 0 fully saturated rings. The molecule has 7 heteroatoms. The second-order valence-corrected chi connectivity index (χ2v) is 8.21. The summed E-state index contributed by atoms with van der Waals surface area (Å²) < 4.78 is 29.7. The van der Waals surface area contributed by atoms with Gasteiger partial charge in [-0.3, -0.25) is 9.10 Å². The molecule has 0 saturated heterocycles. The van der Waals surface area contributed by atoms with Crippen LogP contribution in [-0.4, -0.2) is 34.7 Å². The molecule has 1 unspecified atom stereocenters. The number of carbonyl (C=O) groups excluding carboxylic acids is 1. The van der Waals surface area contributed by atoms with Crippen molar-refractivity contribution in [1.29, 1.82) is 0 Å². The Morgan fingerprint density at radius 2 is 1.77 bits per heavy atom. The quantitative estimate of drug-likeness (QED) is 0.841. The van der Waals surface area contributed by atoms with Gasteiger partial charge in [-0.25, -0.2) is 8.42 Å². The number of anilines is 1. The Morgan fingerprint density at radius 3 is 2.27 bits per heavy atom. The van der Waals surface area contributed by atoms with E-state index < -0.39 is 10.0 Å². The smallest absolute Gasteiger partial charge is 0.251 e. The summed E-state index contributed by atoms with van der Waals surface area (Å²) in [5.41, 5.74) is 2.70. The fourth-order valence-electron chi connectivity index (χ4n) is 2.58. The second-order valence-electron chi connectivity index (χ2n) is 6.20. The van der Waals surface area contributed by atoms with Crippen molar-refractivity contribution in [2.24, 2.45) is 0 Å². The number of benzene rings is 2. The van der Waals surface area contributed by atoms with Gasteiger partial charge in [0.05, 0.1) is 25.1 Å². The summed E-state index contributed by atoms with van der Waals surface area (Å²) in [5.74, 6) is 0.540. The Bertz CT molecular complexity index is 892. The SMILES string of the molecule is COc1ccc(C(C)NC(=O)c2ccc(N(C)S(C)(=O)=O)c(C)c2)cc1. The summed E-state index contributed by atoms with van der Waals surface area (Å²) in [5, 5.41) is 2.94. The molecule has 0 aliphatic heterocycles. The predicted octanol–water partition coefficient (Wildman–Crippen LogP) is 2.89. The van der Waals surface area contributed by atoms with E-state index in [0.29, 0.717) is 16.8 Å². The van der Waals surface area contributed by atoms with Crippen LogP contribution in [0.3, 0.4) is 0 Å². The average molecular weight is 376 g/mol. The van der Waals surface area contributed by atoms with Crippen molar-refractivity contribution in [3.05, 3.63) is 59.2 Å². The lowest BCUT2D eigenvalue weighted by molar-refractivity contribution is 0.0940. The van der Waals surface area contributed by atoms with Crippen LogP contribution in [0, 0.1) is 6.92 Å². The maximum Gasteiger partial charge on any atom is 0.251 e. The first-order valence-electron chi connectivity index (χ1n) is 8.13. The Labute approximate surface area is 154 Å². The molecule has 6 nitrogen and oxygen atoms in total. The van der Waals surface area contributed by atoms with Crippen LogP contribution >= 0.6 is 0 Å². The Balaban J connectivity index is 2.15. The molecule has 1 amide bonds. The number of sulfonamides is 1. The first-order chi connectivity index (χ1) is 12.1. The van der Waals surface area contributed by atoms with Crippen LogP contribution in [-0.2, 0) is 10.0 Å². The summed E-state index contributed by atoms with van der Waals surface area (Å²) in [6, 6.07) is 12.3. The van der Waals surface area contributed by atoms with Crippen molar-refractivity contribution in [3.8, 4) is 5.75 Å². The molecule has 0 radical (unpaired) electrons. The van der Waals surface area contributed by atoms with Gasteiger partial charge in [0, 0.05) is 12.6 Å². The molecule has 2 aromatic rings. The molecule has 0 aromatic heterocycles. The maximum absolute atomic E-state index is 12.5. The van der Waals surface area contributed by atoms with Gasteiger partial charge in [-0.2, -0.15) is 0 Å². The van der Waals surface area contributed by atoms with Crippen LogP contribution < -0.4 is 14.4 Å². The van der Waals surface area contributed by atoms with Crippen LogP contribution in [0.5, 0.6) is 5.75 Å². The molecule has 0 aliphatic rings. The molecule has 0 heterocycles. The molecule has 2 aromatic carbocycles. The van der Waals surface area contributed by atoms with Gasteiger partial charge in [-0.05, 0) is 55.3 Å². The second kappa shape index (κ2) is 7.78. The lowest BCUT2D eigenvalue weighted by atomic mass is 10.1. The third-order valence-electron chi connectivity index (χ3n) is 4.26. The highest BCUT2D eigenvalue weighted by atomic mass is 32.2. The highest BCUT2D eigenvalue weighted by Gasteiger charge is 2.17. The van der Waals surface area contributed by atoms with E-state index in [9.17, 15) is 13.2 Å². The van der Waals surface area contributed by atoms with Gasteiger partial charge >= 0.3 is 0 Å². The minimum atomic E-state index is -3.35. The molecule has 0 bridgehead atoms. The Morgan fingerprint density at radius 1 is 1.15 bits per heavy atom. The first kappa shape index (κ1) is 19.8. The largest absolute Gasteiger partial charge is 0.497 e. The molecule has 0 spiro atoms. The number of hydrogen-bond donors (Lipinski definition) is 1. The van der Waals surface area contributed by atoms with E-state index in [1.54, 1.807) is 32.2 Å². The number of hydrogen-bond acceptors (Lipinski definition) is 4. The number of nitrogens with one attached hydrogen (secondary N) is 1. The van der Waals surface area contributed by atoms with Crippen molar-refractivity contribution in [2.45, 2.75) is 19.9 Å². The lowest BCUT2D eigenvalue weighted by Gasteiger charge is -2.20. The zero-order valence-electron chi connectivity index (χ0n) is 15.6. The first-order valence-corrected chi connectivity index (χ1v) is 9.97. The fourth-order valence-corrected chi connectivity index (χ4v) is 3.15. The third-order valence-corrected chi connectivity index (χ3v) is 5.45. The Kier molecular flexibility index (Phi) is 5.92. The van der Waals surface area contributed by atoms with Crippen LogP contribution in [0.1, 0.15) is 34.5 Å². The van der Waals surface area contributed by atoms with Crippen LogP contribution in [0.2, 0.25) is 0 Å². The summed E-state index contributed by atoms with van der Waals surface area (Å²) >= 11 is 0. The topological polar surface area (TPSA) is 75.7 Å².